The Balaban J connectivity index is 2.66. The first kappa shape index (κ1) is 10.3. The van der Waals surface area contributed by atoms with Crippen LogP contribution in [0.2, 0.25) is 0 Å². The maximum absolute atomic E-state index is 11.0. The van der Waals surface area contributed by atoms with E-state index in [1.54, 1.807) is 0 Å². The van der Waals surface area contributed by atoms with Crippen LogP contribution in [0.3, 0.4) is 0 Å². The lowest BCUT2D eigenvalue weighted by Crippen LogP contribution is -2.02. The lowest BCUT2D eigenvalue weighted by Gasteiger charge is -2.08. The molecule has 0 unspecified atom stereocenters. The Kier molecular flexibility index (Phi) is 2.56. The molecule has 0 fully saturated rings. The molecule has 1 aromatic rings. The van der Waals surface area contributed by atoms with Gasteiger partial charge in [0.1, 0.15) is 0 Å². The van der Waals surface area contributed by atoms with Gasteiger partial charge in [0.25, 0.3) is 0 Å². The highest BCUT2D eigenvalue weighted by Gasteiger charge is 2.24. The average molecular weight is 273 g/mol. The van der Waals surface area contributed by atoms with Gasteiger partial charge in [-0.25, -0.2) is 4.79 Å². The summed E-state index contributed by atoms with van der Waals surface area (Å²) in [5.74, 6) is 0.124. The van der Waals surface area contributed by atoms with E-state index in [4.69, 9.17) is 14.6 Å². The number of hydrogen-bond donors (Lipinski definition) is 1. The predicted octanol–water partition coefficient (Wildman–Crippen LogP) is 2.44. The largest absolute Gasteiger partial charge is 0.478 e. The van der Waals surface area contributed by atoms with Crippen molar-refractivity contribution in [1.82, 2.24) is 0 Å². The number of rotatable bonds is 2. The Morgan fingerprint density at radius 1 is 1.60 bits per heavy atom. The zero-order valence-corrected chi connectivity index (χ0v) is 9.63. The number of benzene rings is 1. The zero-order chi connectivity index (χ0) is 11.0. The third-order valence-corrected chi connectivity index (χ3v) is 3.13. The van der Waals surface area contributed by atoms with Gasteiger partial charge < -0.3 is 14.6 Å². The third kappa shape index (κ3) is 1.56. The van der Waals surface area contributed by atoms with Crippen molar-refractivity contribution in [3.05, 3.63) is 21.7 Å². The van der Waals surface area contributed by atoms with Crippen molar-refractivity contribution in [3.63, 3.8) is 0 Å². The summed E-state index contributed by atoms with van der Waals surface area (Å²) in [6, 6.07) is 1.51. The molecule has 0 spiro atoms. The molecule has 0 saturated carbocycles. The van der Waals surface area contributed by atoms with Gasteiger partial charge in [-0.1, -0.05) is 6.92 Å². The molecule has 0 bridgehead atoms. The van der Waals surface area contributed by atoms with Crippen LogP contribution in [0.15, 0.2) is 10.5 Å². The quantitative estimate of drug-likeness (QED) is 0.899. The van der Waals surface area contributed by atoms with Crippen LogP contribution in [0.4, 0.5) is 0 Å². The Hall–Kier alpha value is -1.23. The summed E-state index contributed by atoms with van der Waals surface area (Å²) >= 11 is 3.34. The maximum Gasteiger partial charge on any atom is 0.336 e. The molecule has 1 aliphatic rings. The van der Waals surface area contributed by atoms with Gasteiger partial charge in [0.15, 0.2) is 11.5 Å². The fraction of sp³-hybridized carbons (Fsp3) is 0.300. The van der Waals surface area contributed by atoms with E-state index in [1.807, 2.05) is 6.92 Å². The summed E-state index contributed by atoms with van der Waals surface area (Å²) in [5.41, 5.74) is 0.986. The molecule has 1 N–H and O–H groups in total. The molecule has 0 saturated heterocycles. The molecule has 0 aliphatic carbocycles. The van der Waals surface area contributed by atoms with E-state index in [-0.39, 0.29) is 12.4 Å². The second-order valence-electron chi connectivity index (χ2n) is 3.11. The van der Waals surface area contributed by atoms with Crippen LogP contribution in [0.25, 0.3) is 0 Å². The summed E-state index contributed by atoms with van der Waals surface area (Å²) < 4.78 is 11.1. The normalized spacial score (nSPS) is 12.9. The molecule has 80 valence electrons. The number of fused-ring (bicyclic) bond motifs is 1. The van der Waals surface area contributed by atoms with Crippen molar-refractivity contribution in [2.24, 2.45) is 0 Å². The van der Waals surface area contributed by atoms with Crippen LogP contribution in [0.1, 0.15) is 22.8 Å². The number of ether oxygens (including phenoxy) is 2. The van der Waals surface area contributed by atoms with Crippen molar-refractivity contribution in [1.29, 1.82) is 0 Å². The Labute approximate surface area is 94.9 Å². The van der Waals surface area contributed by atoms with Gasteiger partial charge in [0, 0.05) is 0 Å². The highest BCUT2D eigenvalue weighted by atomic mass is 79.9. The van der Waals surface area contributed by atoms with Crippen LogP contribution in [0.5, 0.6) is 11.5 Å². The second kappa shape index (κ2) is 3.73. The molecule has 0 atom stereocenters. The summed E-state index contributed by atoms with van der Waals surface area (Å²) in [7, 11) is 0. The molecule has 2 rings (SSSR count). The summed E-state index contributed by atoms with van der Waals surface area (Å²) in [6.07, 6.45) is 0.624. The number of halogens is 1. The molecule has 1 heterocycles. The molecule has 0 amide bonds. The van der Waals surface area contributed by atoms with E-state index in [2.05, 4.69) is 15.9 Å². The van der Waals surface area contributed by atoms with Gasteiger partial charge in [0.05, 0.1) is 10.0 Å². The molecule has 0 radical (unpaired) electrons. The van der Waals surface area contributed by atoms with E-state index in [0.29, 0.717) is 22.4 Å². The van der Waals surface area contributed by atoms with Gasteiger partial charge in [-0.15, -0.1) is 0 Å². The maximum atomic E-state index is 11.0. The number of carboxylic acid groups (broad SMARTS) is 1. The number of hydrogen-bond acceptors (Lipinski definition) is 3. The van der Waals surface area contributed by atoms with E-state index < -0.39 is 5.97 Å². The third-order valence-electron chi connectivity index (χ3n) is 2.29. The van der Waals surface area contributed by atoms with E-state index in [1.165, 1.54) is 6.07 Å². The van der Waals surface area contributed by atoms with Crippen molar-refractivity contribution in [3.8, 4) is 11.5 Å². The van der Waals surface area contributed by atoms with Crippen molar-refractivity contribution >= 4 is 21.9 Å². The summed E-state index contributed by atoms with van der Waals surface area (Å²) in [4.78, 5) is 11.0. The minimum absolute atomic E-state index is 0.139. The second-order valence-corrected chi connectivity index (χ2v) is 3.90. The van der Waals surface area contributed by atoms with Gasteiger partial charge in [0.2, 0.25) is 6.79 Å². The monoisotopic (exact) mass is 272 g/mol. The topological polar surface area (TPSA) is 55.8 Å². The van der Waals surface area contributed by atoms with Crippen molar-refractivity contribution in [2.45, 2.75) is 13.3 Å². The summed E-state index contributed by atoms with van der Waals surface area (Å²) in [6.45, 7) is 2.04. The standard InChI is InChI=1S/C10H9BrO4/c1-2-5-6(10(12)13)3-7-9(8(5)11)15-4-14-7/h3H,2,4H2,1H3,(H,12,13). The predicted molar refractivity (Wildman–Crippen MR) is 56.6 cm³/mol. The van der Waals surface area contributed by atoms with Gasteiger partial charge >= 0.3 is 5.97 Å². The van der Waals surface area contributed by atoms with Crippen molar-refractivity contribution in [2.75, 3.05) is 6.79 Å². The molecule has 15 heavy (non-hydrogen) atoms. The van der Waals surface area contributed by atoms with E-state index >= 15 is 0 Å². The number of aromatic carboxylic acids is 1. The lowest BCUT2D eigenvalue weighted by molar-refractivity contribution is 0.0695. The van der Waals surface area contributed by atoms with Crippen molar-refractivity contribution < 1.29 is 19.4 Å². The molecule has 1 aliphatic heterocycles. The Bertz CT molecular complexity index is 428. The first-order valence-electron chi connectivity index (χ1n) is 4.49. The highest BCUT2D eigenvalue weighted by molar-refractivity contribution is 9.10. The van der Waals surface area contributed by atoms with Crippen LogP contribution in [-0.4, -0.2) is 17.9 Å². The smallest absolute Gasteiger partial charge is 0.336 e. The molecule has 5 heteroatoms. The van der Waals surface area contributed by atoms with Gasteiger partial charge in [-0.05, 0) is 34.0 Å². The number of carboxylic acids is 1. The van der Waals surface area contributed by atoms with Crippen LogP contribution in [-0.2, 0) is 6.42 Å². The fourth-order valence-corrected chi connectivity index (χ4v) is 2.38. The first-order chi connectivity index (χ1) is 7.15. The zero-order valence-electron chi connectivity index (χ0n) is 8.04. The molecule has 1 aromatic carbocycles. The minimum atomic E-state index is -0.953. The van der Waals surface area contributed by atoms with Gasteiger partial charge in [-0.2, -0.15) is 0 Å². The average Bonchev–Trinajstić information content (AvgIpc) is 2.65. The highest BCUT2D eigenvalue weighted by Crippen LogP contribution is 2.43. The minimum Gasteiger partial charge on any atom is -0.478 e. The number of carbonyl (C=O) groups is 1. The van der Waals surface area contributed by atoms with Crippen LogP contribution in [0, 0.1) is 0 Å². The molecular formula is C10H9BrO4. The fourth-order valence-electron chi connectivity index (χ4n) is 1.58. The lowest BCUT2D eigenvalue weighted by atomic mass is 10.0. The van der Waals surface area contributed by atoms with E-state index in [0.717, 1.165) is 5.56 Å². The molecular weight excluding hydrogens is 264 g/mol. The SMILES string of the molecule is CCc1c(C(=O)O)cc2c(c1Br)OCO2. The van der Waals surface area contributed by atoms with E-state index in [9.17, 15) is 4.79 Å². The van der Waals surface area contributed by atoms with Crippen LogP contribution < -0.4 is 9.47 Å². The Morgan fingerprint density at radius 3 is 2.93 bits per heavy atom. The summed E-state index contributed by atoms with van der Waals surface area (Å²) in [5, 5.41) is 9.04. The first-order valence-corrected chi connectivity index (χ1v) is 5.28. The molecule has 4 nitrogen and oxygen atoms in total. The molecule has 0 aromatic heterocycles. The van der Waals surface area contributed by atoms with Gasteiger partial charge in [-0.3, -0.25) is 0 Å². The van der Waals surface area contributed by atoms with Crippen LogP contribution >= 0.6 is 15.9 Å². The Morgan fingerprint density at radius 2 is 2.33 bits per heavy atom.